The molecule has 2 aromatic heterocycles. The molecule has 40 heavy (non-hydrogen) atoms. The van der Waals surface area contributed by atoms with Gasteiger partial charge in [-0.3, -0.25) is 4.98 Å². The predicted molar refractivity (Wildman–Crippen MR) is 174 cm³/mol. The fourth-order valence-corrected chi connectivity index (χ4v) is 7.07. The lowest BCUT2D eigenvalue weighted by molar-refractivity contribution is 0.827. The minimum Gasteiger partial charge on any atom is -0.341 e. The van der Waals surface area contributed by atoms with E-state index >= 15 is 0 Å². The lowest BCUT2D eigenvalue weighted by atomic mass is 9.34. The second-order valence-corrected chi connectivity index (χ2v) is 11.5. The van der Waals surface area contributed by atoms with E-state index in [-0.39, 0.29) is 6.71 Å². The molecule has 0 unspecified atom stereocenters. The average molecular weight is 521 g/mol. The molecule has 0 fully saturated rings. The van der Waals surface area contributed by atoms with Gasteiger partial charge in [-0.05, 0) is 72.7 Å². The highest BCUT2D eigenvalue weighted by Gasteiger charge is 2.28. The third-order valence-corrected chi connectivity index (χ3v) is 8.56. The van der Waals surface area contributed by atoms with Crippen LogP contribution < -0.4 is 16.4 Å². The van der Waals surface area contributed by atoms with Gasteiger partial charge < -0.3 is 4.57 Å². The summed E-state index contributed by atoms with van der Waals surface area (Å²) in [6.45, 7) is 16.7. The van der Waals surface area contributed by atoms with Gasteiger partial charge in [0.25, 0.3) is 0 Å². The maximum atomic E-state index is 5.08. The molecular weight excluding hydrogens is 483 g/mol. The molecular formula is C37H37BN2. The standard InChI is InChI=1S/C37H37BN2/c1-8-40-34-12-10-9-11-31(34)32-21-29(13-16-35(32)40)33-15-14-30(22-39-33)38(36-25(4)17-23(2)18-26(36)5)37-27(6)19-24(3)20-28(37)7/h9-22H,8H2,1-7H3. The third kappa shape index (κ3) is 4.34. The minimum absolute atomic E-state index is 0.132. The number of fused-ring (bicyclic) bond motifs is 3. The molecule has 6 rings (SSSR count). The number of para-hydroxylation sites is 1. The van der Waals surface area contributed by atoms with E-state index in [0.29, 0.717) is 0 Å². The molecule has 0 saturated heterocycles. The quantitative estimate of drug-likeness (QED) is 0.219. The summed E-state index contributed by atoms with van der Waals surface area (Å²) >= 11 is 0. The van der Waals surface area contributed by atoms with Crippen molar-refractivity contribution < 1.29 is 0 Å². The first-order valence-corrected chi connectivity index (χ1v) is 14.4. The number of aryl methyl sites for hydroxylation is 7. The van der Waals surface area contributed by atoms with E-state index in [0.717, 1.165) is 17.8 Å². The van der Waals surface area contributed by atoms with Crippen LogP contribution in [-0.4, -0.2) is 16.3 Å². The van der Waals surface area contributed by atoms with Crippen LogP contribution in [0.2, 0.25) is 0 Å². The van der Waals surface area contributed by atoms with Crippen molar-refractivity contribution in [2.45, 2.75) is 55.0 Å². The molecule has 0 radical (unpaired) electrons. The fraction of sp³-hybridized carbons (Fsp3) is 0.216. The van der Waals surface area contributed by atoms with Crippen LogP contribution in [0.3, 0.4) is 0 Å². The van der Waals surface area contributed by atoms with Crippen molar-refractivity contribution >= 4 is 44.9 Å². The molecule has 2 nitrogen and oxygen atoms in total. The first-order valence-electron chi connectivity index (χ1n) is 14.4. The summed E-state index contributed by atoms with van der Waals surface area (Å²) in [7, 11) is 0. The van der Waals surface area contributed by atoms with Crippen LogP contribution >= 0.6 is 0 Å². The van der Waals surface area contributed by atoms with Crippen molar-refractivity contribution in [3.05, 3.63) is 118 Å². The fourth-order valence-electron chi connectivity index (χ4n) is 7.07. The Kier molecular flexibility index (Phi) is 6.62. The topological polar surface area (TPSA) is 17.8 Å². The molecule has 0 N–H and O–H groups in total. The summed E-state index contributed by atoms with van der Waals surface area (Å²) in [5.74, 6) is 0. The van der Waals surface area contributed by atoms with Gasteiger partial charge >= 0.3 is 0 Å². The highest BCUT2D eigenvalue weighted by Crippen LogP contribution is 2.32. The zero-order valence-corrected chi connectivity index (χ0v) is 24.8. The molecule has 3 heteroatoms. The van der Waals surface area contributed by atoms with Crippen molar-refractivity contribution in [2.24, 2.45) is 0 Å². The van der Waals surface area contributed by atoms with Gasteiger partial charge in [-0.15, -0.1) is 0 Å². The molecule has 0 aliphatic carbocycles. The van der Waals surface area contributed by atoms with E-state index in [9.17, 15) is 0 Å². The smallest absolute Gasteiger partial charge is 0.244 e. The number of nitrogens with zero attached hydrogens (tertiary/aromatic N) is 2. The SMILES string of the molecule is CCn1c2ccccc2c2cc(-c3ccc(B(c4c(C)cc(C)cc4C)c4c(C)cc(C)cc4C)cn3)ccc21. The summed E-state index contributed by atoms with van der Waals surface area (Å²) in [6.07, 6.45) is 2.11. The van der Waals surface area contributed by atoms with E-state index < -0.39 is 0 Å². The number of rotatable bonds is 5. The Labute approximate surface area is 238 Å². The van der Waals surface area contributed by atoms with Crippen LogP contribution in [0, 0.1) is 41.5 Å². The molecule has 6 aromatic rings. The normalized spacial score (nSPS) is 11.5. The minimum atomic E-state index is 0.132. The molecule has 4 aromatic carbocycles. The third-order valence-electron chi connectivity index (χ3n) is 8.56. The molecule has 0 spiro atoms. The lowest BCUT2D eigenvalue weighted by Crippen LogP contribution is -2.56. The van der Waals surface area contributed by atoms with Crippen molar-refractivity contribution in [2.75, 3.05) is 0 Å². The Bertz CT molecular complexity index is 1790. The van der Waals surface area contributed by atoms with Crippen molar-refractivity contribution in [3.63, 3.8) is 0 Å². The van der Waals surface area contributed by atoms with Gasteiger partial charge in [-0.2, -0.15) is 0 Å². The molecule has 198 valence electrons. The second kappa shape index (κ2) is 10.1. The summed E-state index contributed by atoms with van der Waals surface area (Å²) in [5.41, 5.74) is 16.7. The molecule has 0 atom stereocenters. The number of pyridine rings is 1. The van der Waals surface area contributed by atoms with Gasteiger partial charge in [0, 0.05) is 40.1 Å². The van der Waals surface area contributed by atoms with E-state index in [1.54, 1.807) is 0 Å². The summed E-state index contributed by atoms with van der Waals surface area (Å²) in [4.78, 5) is 5.08. The molecule has 2 heterocycles. The Morgan fingerprint density at radius 1 is 0.625 bits per heavy atom. The molecule has 0 amide bonds. The first kappa shape index (κ1) is 26.1. The van der Waals surface area contributed by atoms with Crippen molar-refractivity contribution in [3.8, 4) is 11.3 Å². The highest BCUT2D eigenvalue weighted by atomic mass is 15.0. The first-order chi connectivity index (χ1) is 19.3. The van der Waals surface area contributed by atoms with Crippen LogP contribution in [-0.2, 0) is 6.54 Å². The number of benzene rings is 4. The second-order valence-electron chi connectivity index (χ2n) is 11.5. The average Bonchev–Trinajstić information content (AvgIpc) is 3.24. The zero-order valence-electron chi connectivity index (χ0n) is 24.8. The Balaban J connectivity index is 1.49. The van der Waals surface area contributed by atoms with Gasteiger partial charge in [-0.25, -0.2) is 0 Å². The Morgan fingerprint density at radius 2 is 1.20 bits per heavy atom. The zero-order chi connectivity index (χ0) is 28.1. The van der Waals surface area contributed by atoms with Crippen molar-refractivity contribution in [1.29, 1.82) is 0 Å². The van der Waals surface area contributed by atoms with Gasteiger partial charge in [0.15, 0.2) is 0 Å². The van der Waals surface area contributed by atoms with Gasteiger partial charge in [0.2, 0.25) is 6.71 Å². The Morgan fingerprint density at radius 3 is 1.75 bits per heavy atom. The molecule has 0 bridgehead atoms. The number of hydrogen-bond acceptors (Lipinski definition) is 1. The Hall–Kier alpha value is -4.11. The summed E-state index contributed by atoms with van der Waals surface area (Å²) in [5, 5.41) is 2.59. The number of hydrogen-bond donors (Lipinski definition) is 0. The predicted octanol–water partition coefficient (Wildman–Crippen LogP) is 7.24. The van der Waals surface area contributed by atoms with E-state index in [2.05, 4.69) is 138 Å². The van der Waals surface area contributed by atoms with Crippen molar-refractivity contribution in [1.82, 2.24) is 9.55 Å². The van der Waals surface area contributed by atoms with Crippen LogP contribution in [0.1, 0.15) is 40.3 Å². The maximum Gasteiger partial charge on any atom is 0.244 e. The monoisotopic (exact) mass is 520 g/mol. The van der Waals surface area contributed by atoms with Crippen LogP contribution in [0.25, 0.3) is 33.1 Å². The maximum absolute atomic E-state index is 5.08. The summed E-state index contributed by atoms with van der Waals surface area (Å²) < 4.78 is 2.40. The summed E-state index contributed by atoms with van der Waals surface area (Å²) in [6, 6.07) is 29.3. The molecule has 0 aliphatic heterocycles. The van der Waals surface area contributed by atoms with Gasteiger partial charge in [-0.1, -0.05) is 104 Å². The van der Waals surface area contributed by atoms with Crippen LogP contribution in [0.5, 0.6) is 0 Å². The van der Waals surface area contributed by atoms with Crippen LogP contribution in [0.4, 0.5) is 0 Å². The van der Waals surface area contributed by atoms with E-state index in [1.165, 1.54) is 71.6 Å². The van der Waals surface area contributed by atoms with Gasteiger partial charge in [0.05, 0.1) is 5.69 Å². The van der Waals surface area contributed by atoms with E-state index in [4.69, 9.17) is 4.98 Å². The molecule has 0 saturated carbocycles. The van der Waals surface area contributed by atoms with E-state index in [1.807, 2.05) is 0 Å². The molecule has 0 aliphatic rings. The number of aromatic nitrogens is 2. The lowest BCUT2D eigenvalue weighted by Gasteiger charge is -2.24. The highest BCUT2D eigenvalue weighted by molar-refractivity contribution is 6.96. The largest absolute Gasteiger partial charge is 0.341 e. The van der Waals surface area contributed by atoms with Crippen LogP contribution in [0.15, 0.2) is 85.1 Å². The van der Waals surface area contributed by atoms with Gasteiger partial charge in [0.1, 0.15) is 0 Å².